The molecular weight excluding hydrogens is 284 g/mol. The fourth-order valence-corrected chi connectivity index (χ4v) is 2.93. The Labute approximate surface area is 126 Å². The number of rotatable bonds is 5. The number of aromatic amines is 1. The van der Waals surface area contributed by atoms with E-state index in [0.29, 0.717) is 0 Å². The van der Waals surface area contributed by atoms with E-state index in [2.05, 4.69) is 22.1 Å². The van der Waals surface area contributed by atoms with Crippen molar-refractivity contribution in [3.63, 3.8) is 0 Å². The van der Waals surface area contributed by atoms with E-state index in [1.165, 1.54) is 5.56 Å². The molecule has 0 atom stereocenters. The summed E-state index contributed by atoms with van der Waals surface area (Å²) >= 11 is 1.61. The maximum absolute atomic E-state index is 10.9. The van der Waals surface area contributed by atoms with E-state index < -0.39 is 5.97 Å². The number of aromatic nitrogens is 2. The van der Waals surface area contributed by atoms with Crippen molar-refractivity contribution in [1.82, 2.24) is 9.97 Å². The van der Waals surface area contributed by atoms with Crippen LogP contribution in [0.15, 0.2) is 48.0 Å². The van der Waals surface area contributed by atoms with Crippen LogP contribution in [-0.2, 0) is 12.8 Å². The molecule has 4 nitrogen and oxygen atoms in total. The van der Waals surface area contributed by atoms with Gasteiger partial charge in [0.15, 0.2) is 0 Å². The summed E-state index contributed by atoms with van der Waals surface area (Å²) in [7, 11) is 0. The Kier molecular flexibility index (Phi) is 3.83. The lowest BCUT2D eigenvalue weighted by Gasteiger charge is -1.97. The molecule has 2 N–H and O–H groups in total. The summed E-state index contributed by atoms with van der Waals surface area (Å²) in [5.74, 6) is -0.958. The minimum absolute atomic E-state index is 0.184. The van der Waals surface area contributed by atoms with E-state index in [4.69, 9.17) is 5.11 Å². The number of H-pyrrole nitrogens is 1. The van der Waals surface area contributed by atoms with Crippen LogP contribution < -0.4 is 0 Å². The number of aromatic carboxylic acids is 1. The monoisotopic (exact) mass is 298 g/mol. The summed E-state index contributed by atoms with van der Waals surface area (Å²) < 4.78 is 0. The quantitative estimate of drug-likeness (QED) is 0.756. The van der Waals surface area contributed by atoms with Gasteiger partial charge in [-0.05, 0) is 18.1 Å². The minimum atomic E-state index is -0.958. The van der Waals surface area contributed by atoms with Crippen LogP contribution in [0.4, 0.5) is 0 Å². The fraction of sp³-hybridized carbons (Fsp3) is 0.125. The van der Waals surface area contributed by atoms with E-state index in [0.717, 1.165) is 29.1 Å². The lowest BCUT2D eigenvalue weighted by molar-refractivity contribution is 0.0691. The molecule has 0 aliphatic rings. The number of thiazole rings is 1. The summed E-state index contributed by atoms with van der Waals surface area (Å²) in [6.45, 7) is 0. The van der Waals surface area contributed by atoms with Gasteiger partial charge in [0, 0.05) is 23.6 Å². The molecule has 2 heterocycles. The molecule has 21 heavy (non-hydrogen) atoms. The third-order valence-corrected chi connectivity index (χ3v) is 4.14. The molecule has 3 rings (SSSR count). The summed E-state index contributed by atoms with van der Waals surface area (Å²) in [5.41, 5.74) is 3.12. The first kappa shape index (κ1) is 13.6. The van der Waals surface area contributed by atoms with E-state index in [1.54, 1.807) is 23.6 Å². The number of carboxylic acid groups (broad SMARTS) is 1. The van der Waals surface area contributed by atoms with Crippen LogP contribution in [0, 0.1) is 0 Å². The molecule has 3 aromatic rings. The molecule has 0 fully saturated rings. The van der Waals surface area contributed by atoms with Crippen molar-refractivity contribution >= 4 is 17.3 Å². The highest BCUT2D eigenvalue weighted by molar-refractivity contribution is 7.09. The topological polar surface area (TPSA) is 66.0 Å². The van der Waals surface area contributed by atoms with Crippen LogP contribution >= 0.6 is 11.3 Å². The Bertz CT molecular complexity index is 746. The van der Waals surface area contributed by atoms with Crippen LogP contribution in [0.25, 0.3) is 11.3 Å². The van der Waals surface area contributed by atoms with Gasteiger partial charge in [-0.2, -0.15) is 0 Å². The predicted molar refractivity (Wildman–Crippen MR) is 82.7 cm³/mol. The first-order valence-electron chi connectivity index (χ1n) is 6.63. The molecule has 2 aromatic heterocycles. The zero-order valence-electron chi connectivity index (χ0n) is 11.2. The van der Waals surface area contributed by atoms with Crippen LogP contribution in [0.5, 0.6) is 0 Å². The van der Waals surface area contributed by atoms with Crippen molar-refractivity contribution in [1.29, 1.82) is 0 Å². The molecule has 0 aliphatic carbocycles. The molecular formula is C16H14N2O2S. The van der Waals surface area contributed by atoms with Gasteiger partial charge in [-0.25, -0.2) is 9.78 Å². The second kappa shape index (κ2) is 5.93. The molecule has 5 heteroatoms. The molecule has 0 saturated carbocycles. The van der Waals surface area contributed by atoms with Gasteiger partial charge in [0.1, 0.15) is 5.69 Å². The average Bonchev–Trinajstić information content (AvgIpc) is 3.15. The van der Waals surface area contributed by atoms with Gasteiger partial charge in [0.2, 0.25) is 0 Å². The van der Waals surface area contributed by atoms with Gasteiger partial charge in [0.05, 0.1) is 10.7 Å². The summed E-state index contributed by atoms with van der Waals surface area (Å²) in [6, 6.07) is 11.9. The van der Waals surface area contributed by atoms with E-state index in [1.807, 2.05) is 23.6 Å². The molecule has 106 valence electrons. The molecule has 0 aliphatic heterocycles. The number of nitrogens with zero attached hydrogens (tertiary/aromatic N) is 1. The molecule has 0 amide bonds. The summed E-state index contributed by atoms with van der Waals surface area (Å²) in [6.07, 6.45) is 3.53. The van der Waals surface area contributed by atoms with Crippen LogP contribution in [0.2, 0.25) is 0 Å². The van der Waals surface area contributed by atoms with Gasteiger partial charge in [-0.15, -0.1) is 11.3 Å². The van der Waals surface area contributed by atoms with Crippen molar-refractivity contribution in [2.45, 2.75) is 12.8 Å². The highest BCUT2D eigenvalue weighted by Crippen LogP contribution is 2.23. The first-order valence-corrected chi connectivity index (χ1v) is 7.51. The smallest absolute Gasteiger partial charge is 0.352 e. The SMILES string of the molecule is O=C(O)c1cc(-c2csc(CCc3ccccc3)n2)c[nH]1. The Morgan fingerprint density at radius 2 is 2.05 bits per heavy atom. The summed E-state index contributed by atoms with van der Waals surface area (Å²) in [4.78, 5) is 18.2. The molecule has 0 saturated heterocycles. The third kappa shape index (κ3) is 3.20. The van der Waals surface area contributed by atoms with Gasteiger partial charge in [-0.1, -0.05) is 30.3 Å². The van der Waals surface area contributed by atoms with Crippen molar-refractivity contribution in [2.24, 2.45) is 0 Å². The van der Waals surface area contributed by atoms with Crippen LogP contribution in [0.3, 0.4) is 0 Å². The minimum Gasteiger partial charge on any atom is -0.477 e. The molecule has 0 spiro atoms. The number of nitrogens with one attached hydrogen (secondary N) is 1. The molecule has 0 radical (unpaired) electrons. The van der Waals surface area contributed by atoms with Gasteiger partial charge >= 0.3 is 5.97 Å². The van der Waals surface area contributed by atoms with Gasteiger partial charge < -0.3 is 10.1 Å². The number of hydrogen-bond acceptors (Lipinski definition) is 3. The number of hydrogen-bond donors (Lipinski definition) is 2. The lowest BCUT2D eigenvalue weighted by atomic mass is 10.1. The Morgan fingerprint density at radius 3 is 2.76 bits per heavy atom. The van der Waals surface area contributed by atoms with Crippen molar-refractivity contribution in [3.05, 3.63) is 64.2 Å². The number of benzene rings is 1. The van der Waals surface area contributed by atoms with E-state index in [9.17, 15) is 4.79 Å². The second-order valence-electron chi connectivity index (χ2n) is 4.72. The molecule has 0 unspecified atom stereocenters. The normalized spacial score (nSPS) is 10.7. The Hall–Kier alpha value is -2.40. The van der Waals surface area contributed by atoms with E-state index >= 15 is 0 Å². The average molecular weight is 298 g/mol. The van der Waals surface area contributed by atoms with Crippen molar-refractivity contribution < 1.29 is 9.90 Å². The van der Waals surface area contributed by atoms with Crippen LogP contribution in [-0.4, -0.2) is 21.0 Å². The zero-order valence-corrected chi connectivity index (χ0v) is 12.1. The number of carbonyl (C=O) groups is 1. The summed E-state index contributed by atoms with van der Waals surface area (Å²) in [5, 5.41) is 11.9. The highest BCUT2D eigenvalue weighted by atomic mass is 32.1. The largest absolute Gasteiger partial charge is 0.477 e. The van der Waals surface area contributed by atoms with Gasteiger partial charge in [0.25, 0.3) is 0 Å². The first-order chi connectivity index (χ1) is 10.2. The lowest BCUT2D eigenvalue weighted by Crippen LogP contribution is -1.94. The van der Waals surface area contributed by atoms with Crippen molar-refractivity contribution in [2.75, 3.05) is 0 Å². The van der Waals surface area contributed by atoms with Crippen LogP contribution in [0.1, 0.15) is 21.1 Å². The maximum Gasteiger partial charge on any atom is 0.352 e. The predicted octanol–water partition coefficient (Wildman–Crippen LogP) is 3.62. The standard InChI is InChI=1S/C16H14N2O2S/c19-16(20)13-8-12(9-17-13)14-10-21-15(18-14)7-6-11-4-2-1-3-5-11/h1-5,8-10,17H,6-7H2,(H,19,20). The highest BCUT2D eigenvalue weighted by Gasteiger charge is 2.10. The maximum atomic E-state index is 10.9. The number of aryl methyl sites for hydroxylation is 2. The third-order valence-electron chi connectivity index (χ3n) is 3.23. The Balaban J connectivity index is 1.69. The van der Waals surface area contributed by atoms with Crippen molar-refractivity contribution in [3.8, 4) is 11.3 Å². The molecule has 0 bridgehead atoms. The molecule has 1 aromatic carbocycles. The van der Waals surface area contributed by atoms with E-state index in [-0.39, 0.29) is 5.69 Å². The number of carboxylic acids is 1. The second-order valence-corrected chi connectivity index (χ2v) is 5.66. The fourth-order valence-electron chi connectivity index (χ4n) is 2.12. The Morgan fingerprint density at radius 1 is 1.24 bits per heavy atom. The van der Waals surface area contributed by atoms with Gasteiger partial charge in [-0.3, -0.25) is 0 Å². The zero-order chi connectivity index (χ0) is 14.7.